The van der Waals surface area contributed by atoms with Crippen molar-refractivity contribution < 1.29 is 5.21 Å². The molecule has 0 aliphatic heterocycles. The second-order valence-corrected chi connectivity index (χ2v) is 5.25. The van der Waals surface area contributed by atoms with Crippen LogP contribution >= 0.6 is 27.5 Å². The van der Waals surface area contributed by atoms with Gasteiger partial charge in [-0.3, -0.25) is 0 Å². The van der Waals surface area contributed by atoms with Gasteiger partial charge in [-0.2, -0.15) is 5.10 Å². The Labute approximate surface area is 123 Å². The molecule has 3 N–H and O–H groups in total. The third-order valence-electron chi connectivity index (χ3n) is 2.79. The lowest BCUT2D eigenvalue weighted by Crippen LogP contribution is -2.18. The highest BCUT2D eigenvalue weighted by atomic mass is 79.9. The quantitative estimate of drug-likeness (QED) is 0.381. The van der Waals surface area contributed by atoms with E-state index >= 15 is 0 Å². The first-order valence-electron chi connectivity index (χ1n) is 5.46. The summed E-state index contributed by atoms with van der Waals surface area (Å²) in [5.41, 5.74) is 8.50. The van der Waals surface area contributed by atoms with Crippen molar-refractivity contribution in [1.29, 1.82) is 0 Å². The van der Waals surface area contributed by atoms with E-state index in [0.29, 0.717) is 20.7 Å². The molecule has 1 aromatic carbocycles. The van der Waals surface area contributed by atoms with Crippen LogP contribution in [-0.4, -0.2) is 20.8 Å². The Kier molecular flexibility index (Phi) is 3.82. The number of oxime groups is 1. The molecule has 0 aliphatic carbocycles. The van der Waals surface area contributed by atoms with Gasteiger partial charge in [0.2, 0.25) is 0 Å². The maximum absolute atomic E-state index is 8.90. The SMILES string of the molecule is Cc1nn(-c2cccc(Br)c2/C(N)=N/O)c(C)c1Cl. The first-order valence-corrected chi connectivity index (χ1v) is 6.63. The van der Waals surface area contributed by atoms with Gasteiger partial charge in [-0.1, -0.05) is 22.8 Å². The fourth-order valence-electron chi connectivity index (χ4n) is 1.85. The van der Waals surface area contributed by atoms with E-state index in [9.17, 15) is 0 Å². The number of hydrogen-bond acceptors (Lipinski definition) is 3. The van der Waals surface area contributed by atoms with E-state index in [1.54, 1.807) is 4.68 Å². The topological polar surface area (TPSA) is 76.4 Å². The van der Waals surface area contributed by atoms with Gasteiger partial charge >= 0.3 is 0 Å². The third kappa shape index (κ3) is 2.33. The number of amidine groups is 1. The number of hydrogen-bond donors (Lipinski definition) is 2. The zero-order chi connectivity index (χ0) is 14.2. The summed E-state index contributed by atoms with van der Waals surface area (Å²) in [6.07, 6.45) is 0. The molecule has 7 heteroatoms. The molecule has 2 rings (SSSR count). The number of halogens is 2. The molecule has 0 fully saturated rings. The number of nitrogens with zero attached hydrogens (tertiary/aromatic N) is 3. The van der Waals surface area contributed by atoms with Crippen molar-refractivity contribution in [2.45, 2.75) is 13.8 Å². The first kappa shape index (κ1) is 13.9. The second kappa shape index (κ2) is 5.22. The van der Waals surface area contributed by atoms with Gasteiger partial charge in [-0.25, -0.2) is 4.68 Å². The van der Waals surface area contributed by atoms with E-state index in [0.717, 1.165) is 11.4 Å². The number of aromatic nitrogens is 2. The van der Waals surface area contributed by atoms with E-state index < -0.39 is 0 Å². The molecule has 0 unspecified atom stereocenters. The van der Waals surface area contributed by atoms with Crippen LogP contribution in [0.3, 0.4) is 0 Å². The largest absolute Gasteiger partial charge is 0.409 e. The van der Waals surface area contributed by atoms with Crippen molar-refractivity contribution in [1.82, 2.24) is 9.78 Å². The van der Waals surface area contributed by atoms with Crippen molar-refractivity contribution in [2.75, 3.05) is 0 Å². The summed E-state index contributed by atoms with van der Waals surface area (Å²) in [6, 6.07) is 5.48. The lowest BCUT2D eigenvalue weighted by molar-refractivity contribution is 0.318. The molecule has 0 atom stereocenters. The smallest absolute Gasteiger partial charge is 0.173 e. The molecule has 0 bridgehead atoms. The maximum Gasteiger partial charge on any atom is 0.173 e. The lowest BCUT2D eigenvalue weighted by Gasteiger charge is -2.11. The van der Waals surface area contributed by atoms with Crippen molar-refractivity contribution in [3.63, 3.8) is 0 Å². The highest BCUT2D eigenvalue weighted by molar-refractivity contribution is 9.10. The van der Waals surface area contributed by atoms with Gasteiger partial charge in [0.1, 0.15) is 0 Å². The van der Waals surface area contributed by atoms with Crippen molar-refractivity contribution >= 4 is 33.4 Å². The van der Waals surface area contributed by atoms with Crippen LogP contribution in [0.4, 0.5) is 0 Å². The molecule has 0 radical (unpaired) electrons. The first-order chi connectivity index (χ1) is 8.97. The summed E-state index contributed by atoms with van der Waals surface area (Å²) < 4.78 is 2.39. The molecule has 19 heavy (non-hydrogen) atoms. The van der Waals surface area contributed by atoms with Gasteiger partial charge in [0, 0.05) is 4.47 Å². The van der Waals surface area contributed by atoms with Crippen LogP contribution in [0, 0.1) is 13.8 Å². The lowest BCUT2D eigenvalue weighted by atomic mass is 10.1. The molecule has 1 heterocycles. The van der Waals surface area contributed by atoms with Crippen LogP contribution in [0.1, 0.15) is 17.0 Å². The summed E-state index contributed by atoms with van der Waals surface area (Å²) in [5, 5.41) is 16.9. The fourth-order valence-corrected chi connectivity index (χ4v) is 2.53. The Morgan fingerprint density at radius 1 is 1.47 bits per heavy atom. The predicted molar refractivity (Wildman–Crippen MR) is 78.3 cm³/mol. The monoisotopic (exact) mass is 342 g/mol. The molecule has 0 spiro atoms. The van der Waals surface area contributed by atoms with E-state index in [2.05, 4.69) is 26.2 Å². The van der Waals surface area contributed by atoms with Gasteiger partial charge in [0.25, 0.3) is 0 Å². The number of nitrogens with two attached hydrogens (primary N) is 1. The molecule has 0 saturated heterocycles. The van der Waals surface area contributed by atoms with E-state index in [-0.39, 0.29) is 5.84 Å². The minimum Gasteiger partial charge on any atom is -0.409 e. The van der Waals surface area contributed by atoms with Gasteiger partial charge in [-0.15, -0.1) is 0 Å². The van der Waals surface area contributed by atoms with Crippen LogP contribution in [-0.2, 0) is 0 Å². The van der Waals surface area contributed by atoms with Crippen LogP contribution in [0.5, 0.6) is 0 Å². The Hall–Kier alpha value is -1.53. The van der Waals surface area contributed by atoms with E-state index in [4.69, 9.17) is 22.5 Å². The molecule has 0 amide bonds. The van der Waals surface area contributed by atoms with Gasteiger partial charge in [-0.05, 0) is 41.9 Å². The Bertz CT molecular complexity index is 666. The molecular formula is C12H12BrClN4O. The zero-order valence-corrected chi connectivity index (χ0v) is 12.7. The standard InChI is InChI=1S/C12H12BrClN4O/c1-6-11(14)7(2)18(16-6)9-5-3-4-8(13)10(9)12(15)17-19/h3-5,19H,1-2H3,(H2,15,17). The van der Waals surface area contributed by atoms with E-state index in [1.165, 1.54) is 0 Å². The van der Waals surface area contributed by atoms with Crippen LogP contribution in [0.2, 0.25) is 5.02 Å². The summed E-state index contributed by atoms with van der Waals surface area (Å²) in [7, 11) is 0. The summed E-state index contributed by atoms with van der Waals surface area (Å²) in [4.78, 5) is 0. The zero-order valence-electron chi connectivity index (χ0n) is 10.4. The van der Waals surface area contributed by atoms with Gasteiger partial charge in [0.05, 0.1) is 27.7 Å². The van der Waals surface area contributed by atoms with Crippen LogP contribution < -0.4 is 5.73 Å². The fraction of sp³-hybridized carbons (Fsp3) is 0.167. The van der Waals surface area contributed by atoms with Crippen molar-refractivity contribution in [2.24, 2.45) is 10.9 Å². The summed E-state index contributed by atoms with van der Waals surface area (Å²) in [5.74, 6) is 0.00569. The molecule has 5 nitrogen and oxygen atoms in total. The molecule has 100 valence electrons. The van der Waals surface area contributed by atoms with E-state index in [1.807, 2.05) is 32.0 Å². The van der Waals surface area contributed by atoms with Crippen LogP contribution in [0.25, 0.3) is 5.69 Å². The van der Waals surface area contributed by atoms with Crippen LogP contribution in [0.15, 0.2) is 27.8 Å². The van der Waals surface area contributed by atoms with Crippen molar-refractivity contribution in [3.05, 3.63) is 44.6 Å². The maximum atomic E-state index is 8.90. The normalized spacial score (nSPS) is 11.9. The van der Waals surface area contributed by atoms with Gasteiger partial charge < -0.3 is 10.9 Å². The third-order valence-corrected chi connectivity index (χ3v) is 3.99. The Morgan fingerprint density at radius 3 is 2.68 bits per heavy atom. The predicted octanol–water partition coefficient (Wildman–Crippen LogP) is 3.00. The summed E-state index contributed by atoms with van der Waals surface area (Å²) >= 11 is 9.54. The highest BCUT2D eigenvalue weighted by Crippen LogP contribution is 2.27. The van der Waals surface area contributed by atoms with Crippen molar-refractivity contribution in [3.8, 4) is 5.69 Å². The molecule has 0 aliphatic rings. The van der Waals surface area contributed by atoms with Gasteiger partial charge in [0.15, 0.2) is 5.84 Å². The number of aryl methyl sites for hydroxylation is 1. The average molecular weight is 344 g/mol. The Balaban J connectivity index is 2.76. The average Bonchev–Trinajstić information content (AvgIpc) is 2.65. The number of rotatable bonds is 2. The molecule has 0 saturated carbocycles. The molecule has 2 aromatic rings. The number of benzene rings is 1. The second-order valence-electron chi connectivity index (χ2n) is 4.02. The Morgan fingerprint density at radius 2 is 2.16 bits per heavy atom. The summed E-state index contributed by atoms with van der Waals surface area (Å²) in [6.45, 7) is 3.69. The molecular weight excluding hydrogens is 332 g/mol. The minimum atomic E-state index is 0.00569. The molecule has 1 aromatic heterocycles. The minimum absolute atomic E-state index is 0.00569. The highest BCUT2D eigenvalue weighted by Gasteiger charge is 2.17.